The number of carbonyl (C=O) groups is 2. The van der Waals surface area contributed by atoms with Gasteiger partial charge in [-0.15, -0.1) is 0 Å². The molecule has 1 fully saturated rings. The molecule has 0 aromatic heterocycles. The summed E-state index contributed by atoms with van der Waals surface area (Å²) < 4.78 is 5.29. The van der Waals surface area contributed by atoms with Crippen molar-refractivity contribution in [3.05, 3.63) is 29.3 Å². The van der Waals surface area contributed by atoms with Crippen LogP contribution in [0.25, 0.3) is 0 Å². The minimum atomic E-state index is -1.31. The molecule has 1 heterocycles. The molecule has 1 aliphatic heterocycles. The number of methoxy groups -OCH3 is 1. The minimum Gasteiger partial charge on any atom is -0.496 e. The highest BCUT2D eigenvalue weighted by molar-refractivity contribution is 5.98. The number of rotatable bonds is 5. The van der Waals surface area contributed by atoms with Crippen LogP contribution in [0.5, 0.6) is 5.75 Å². The summed E-state index contributed by atoms with van der Waals surface area (Å²) in [4.78, 5) is 26.4. The zero-order valence-electron chi connectivity index (χ0n) is 14.4. The molecule has 0 aliphatic carbocycles. The van der Waals surface area contributed by atoms with Gasteiger partial charge in [-0.25, -0.2) is 0 Å². The zero-order chi connectivity index (χ0) is 17.9. The first kappa shape index (κ1) is 18.3. The van der Waals surface area contributed by atoms with Crippen molar-refractivity contribution in [3.63, 3.8) is 0 Å². The number of aliphatic hydroxyl groups is 1. The second kappa shape index (κ2) is 7.21. The van der Waals surface area contributed by atoms with Crippen molar-refractivity contribution in [2.45, 2.75) is 39.2 Å². The number of nitrogens with zero attached hydrogens (tertiary/aromatic N) is 1. The molecular weight excluding hydrogens is 310 g/mol. The Morgan fingerprint density at radius 3 is 2.71 bits per heavy atom. The molecule has 1 aliphatic rings. The number of hydrogen-bond acceptors (Lipinski definition) is 4. The van der Waals surface area contributed by atoms with Gasteiger partial charge in [0.15, 0.2) is 0 Å². The Morgan fingerprint density at radius 2 is 2.12 bits per heavy atom. The van der Waals surface area contributed by atoms with Crippen LogP contribution in [0.2, 0.25) is 0 Å². The predicted octanol–water partition coefficient (Wildman–Crippen LogP) is 2.08. The van der Waals surface area contributed by atoms with E-state index in [2.05, 4.69) is 0 Å². The lowest BCUT2D eigenvalue weighted by Gasteiger charge is -2.43. The zero-order valence-corrected chi connectivity index (χ0v) is 14.4. The SMILES string of the molecule is CCC[C@@]1(C(=O)O)CN(C(=O)c2c(C)cccc2OC)CC[C@H]1O. The molecule has 0 unspecified atom stereocenters. The maximum atomic E-state index is 13.0. The van der Waals surface area contributed by atoms with Crippen LogP contribution in [0.1, 0.15) is 42.1 Å². The number of carbonyl (C=O) groups excluding carboxylic acids is 1. The molecule has 1 saturated heterocycles. The van der Waals surface area contributed by atoms with Crippen molar-refractivity contribution in [2.24, 2.45) is 5.41 Å². The van der Waals surface area contributed by atoms with Crippen LogP contribution in [-0.2, 0) is 4.79 Å². The number of aliphatic hydroxyl groups excluding tert-OH is 1. The molecular formula is C18H25NO5. The van der Waals surface area contributed by atoms with Crippen LogP contribution in [-0.4, -0.2) is 53.3 Å². The fourth-order valence-electron chi connectivity index (χ4n) is 3.50. The third-order valence-corrected chi connectivity index (χ3v) is 4.86. The van der Waals surface area contributed by atoms with E-state index in [0.717, 1.165) is 5.56 Å². The van der Waals surface area contributed by atoms with Crippen molar-refractivity contribution < 1.29 is 24.5 Å². The number of carboxylic acids is 1. The summed E-state index contributed by atoms with van der Waals surface area (Å²) in [5, 5.41) is 20.0. The molecule has 0 saturated carbocycles. The summed E-state index contributed by atoms with van der Waals surface area (Å²) in [6.07, 6.45) is 0.265. The standard InChI is InChI=1S/C18H25NO5/c1-4-9-18(17(22)23)11-19(10-8-14(18)20)16(21)15-12(2)6-5-7-13(15)24-3/h5-7,14,20H,4,8-11H2,1-3H3,(H,22,23)/t14-,18-/m1/s1. The summed E-state index contributed by atoms with van der Waals surface area (Å²) >= 11 is 0. The molecule has 1 amide bonds. The number of aliphatic carboxylic acids is 1. The molecule has 6 nitrogen and oxygen atoms in total. The molecule has 0 spiro atoms. The van der Waals surface area contributed by atoms with E-state index < -0.39 is 17.5 Å². The van der Waals surface area contributed by atoms with E-state index >= 15 is 0 Å². The van der Waals surface area contributed by atoms with Gasteiger partial charge in [0, 0.05) is 13.1 Å². The Bertz CT molecular complexity index is 630. The van der Waals surface area contributed by atoms with Gasteiger partial charge in [-0.1, -0.05) is 25.5 Å². The Labute approximate surface area is 142 Å². The highest BCUT2D eigenvalue weighted by Gasteiger charge is 2.49. The number of ether oxygens (including phenoxy) is 1. The Balaban J connectivity index is 2.36. The number of likely N-dealkylation sites (tertiary alicyclic amines) is 1. The average molecular weight is 335 g/mol. The van der Waals surface area contributed by atoms with Crippen molar-refractivity contribution in [1.29, 1.82) is 0 Å². The van der Waals surface area contributed by atoms with Crippen LogP contribution in [0.4, 0.5) is 0 Å². The molecule has 6 heteroatoms. The number of piperidine rings is 1. The van der Waals surface area contributed by atoms with Crippen LogP contribution < -0.4 is 4.74 Å². The predicted molar refractivity (Wildman–Crippen MR) is 89.2 cm³/mol. The number of amides is 1. The van der Waals surface area contributed by atoms with E-state index in [1.54, 1.807) is 6.07 Å². The van der Waals surface area contributed by atoms with Crippen molar-refractivity contribution >= 4 is 11.9 Å². The largest absolute Gasteiger partial charge is 0.496 e. The molecule has 0 radical (unpaired) electrons. The Morgan fingerprint density at radius 1 is 1.42 bits per heavy atom. The number of hydrogen-bond donors (Lipinski definition) is 2. The molecule has 2 atom stereocenters. The highest BCUT2D eigenvalue weighted by Crippen LogP contribution is 2.37. The average Bonchev–Trinajstić information content (AvgIpc) is 2.56. The molecule has 132 valence electrons. The first-order valence-electron chi connectivity index (χ1n) is 8.21. The molecule has 1 aromatic rings. The third kappa shape index (κ3) is 3.11. The first-order valence-corrected chi connectivity index (χ1v) is 8.21. The van der Waals surface area contributed by atoms with Crippen molar-refractivity contribution in [1.82, 2.24) is 4.90 Å². The van der Waals surface area contributed by atoms with E-state index in [1.165, 1.54) is 12.0 Å². The van der Waals surface area contributed by atoms with Crippen molar-refractivity contribution in [2.75, 3.05) is 20.2 Å². The lowest BCUT2D eigenvalue weighted by Crippen LogP contribution is -2.57. The molecule has 2 N–H and O–H groups in total. The van der Waals surface area contributed by atoms with E-state index in [9.17, 15) is 19.8 Å². The monoisotopic (exact) mass is 335 g/mol. The van der Waals surface area contributed by atoms with Gasteiger partial charge in [0.1, 0.15) is 11.2 Å². The quantitative estimate of drug-likeness (QED) is 0.860. The molecule has 2 rings (SSSR count). The van der Waals surface area contributed by atoms with Gasteiger partial charge in [0.05, 0.1) is 18.8 Å². The van der Waals surface area contributed by atoms with Gasteiger partial charge in [-0.05, 0) is 31.4 Å². The van der Waals surface area contributed by atoms with Crippen LogP contribution in [0.3, 0.4) is 0 Å². The summed E-state index contributed by atoms with van der Waals surface area (Å²) in [5.41, 5.74) is -0.0763. The maximum absolute atomic E-state index is 13.0. The number of carboxylic acid groups (broad SMARTS) is 1. The van der Waals surface area contributed by atoms with Gasteiger partial charge in [-0.3, -0.25) is 9.59 Å². The molecule has 0 bridgehead atoms. The maximum Gasteiger partial charge on any atom is 0.314 e. The van der Waals surface area contributed by atoms with Gasteiger partial charge in [0.2, 0.25) is 0 Å². The summed E-state index contributed by atoms with van der Waals surface area (Å²) in [6.45, 7) is 4.04. The fraction of sp³-hybridized carbons (Fsp3) is 0.556. The Kier molecular flexibility index (Phi) is 5.49. The second-order valence-electron chi connectivity index (χ2n) is 6.39. The Hall–Kier alpha value is -2.08. The van der Waals surface area contributed by atoms with E-state index in [4.69, 9.17) is 4.74 Å². The van der Waals surface area contributed by atoms with Crippen LogP contribution >= 0.6 is 0 Å². The van der Waals surface area contributed by atoms with Gasteiger partial charge in [0.25, 0.3) is 5.91 Å². The summed E-state index contributed by atoms with van der Waals surface area (Å²) in [7, 11) is 1.50. The topological polar surface area (TPSA) is 87.1 Å². The normalized spacial score (nSPS) is 23.8. The van der Waals surface area contributed by atoms with Gasteiger partial charge >= 0.3 is 5.97 Å². The molecule has 1 aromatic carbocycles. The number of benzene rings is 1. The lowest BCUT2D eigenvalue weighted by atomic mass is 9.74. The summed E-state index contributed by atoms with van der Waals surface area (Å²) in [5.74, 6) is -0.827. The first-order chi connectivity index (χ1) is 11.4. The van der Waals surface area contributed by atoms with Crippen LogP contribution in [0.15, 0.2) is 18.2 Å². The van der Waals surface area contributed by atoms with Gasteiger partial charge < -0.3 is 19.8 Å². The highest BCUT2D eigenvalue weighted by atomic mass is 16.5. The summed E-state index contributed by atoms with van der Waals surface area (Å²) in [6, 6.07) is 5.35. The smallest absolute Gasteiger partial charge is 0.314 e. The van der Waals surface area contributed by atoms with Crippen LogP contribution in [0, 0.1) is 12.3 Å². The van der Waals surface area contributed by atoms with E-state index in [1.807, 2.05) is 26.0 Å². The van der Waals surface area contributed by atoms with Crippen molar-refractivity contribution in [3.8, 4) is 5.75 Å². The number of aryl methyl sites for hydroxylation is 1. The van der Waals surface area contributed by atoms with Gasteiger partial charge in [-0.2, -0.15) is 0 Å². The fourth-order valence-corrected chi connectivity index (χ4v) is 3.50. The van der Waals surface area contributed by atoms with E-state index in [-0.39, 0.29) is 18.9 Å². The molecule has 24 heavy (non-hydrogen) atoms. The van der Waals surface area contributed by atoms with E-state index in [0.29, 0.717) is 30.7 Å². The minimum absolute atomic E-state index is 0.00760. The lowest BCUT2D eigenvalue weighted by molar-refractivity contribution is -0.162. The second-order valence-corrected chi connectivity index (χ2v) is 6.39. The third-order valence-electron chi connectivity index (χ3n) is 4.86.